The SMILES string of the molecule is CC=C(C)CCC=C(C)C.CCO[PH](=O)OCC. The second kappa shape index (κ2) is 14.7. The zero-order valence-corrected chi connectivity index (χ0v) is 13.7. The van der Waals surface area contributed by atoms with Gasteiger partial charge in [0.25, 0.3) is 0 Å². The van der Waals surface area contributed by atoms with Crippen LogP contribution in [-0.2, 0) is 13.6 Å². The van der Waals surface area contributed by atoms with Gasteiger partial charge < -0.3 is 9.05 Å². The lowest BCUT2D eigenvalue weighted by Gasteiger charge is -1.97. The lowest BCUT2D eigenvalue weighted by molar-refractivity contribution is 0.243. The van der Waals surface area contributed by atoms with Gasteiger partial charge in [-0.3, -0.25) is 4.57 Å². The lowest BCUT2D eigenvalue weighted by atomic mass is 10.1. The fourth-order valence-electron chi connectivity index (χ4n) is 1.01. The van der Waals surface area contributed by atoms with Crippen LogP contribution in [0.25, 0.3) is 0 Å². The van der Waals surface area contributed by atoms with Gasteiger partial charge in [0.15, 0.2) is 0 Å². The third-order valence-electron chi connectivity index (χ3n) is 2.11. The molecule has 18 heavy (non-hydrogen) atoms. The summed E-state index contributed by atoms with van der Waals surface area (Å²) < 4.78 is 19.6. The predicted octanol–water partition coefficient (Wildman–Crippen LogP) is 5.15. The molecule has 0 aliphatic rings. The van der Waals surface area contributed by atoms with Gasteiger partial charge in [-0.15, -0.1) is 0 Å². The third-order valence-corrected chi connectivity index (χ3v) is 3.16. The van der Waals surface area contributed by atoms with Gasteiger partial charge in [-0.2, -0.15) is 0 Å². The van der Waals surface area contributed by atoms with Crippen LogP contribution in [0, 0.1) is 0 Å². The Balaban J connectivity index is 0. The van der Waals surface area contributed by atoms with E-state index in [9.17, 15) is 4.57 Å². The second-order valence-electron chi connectivity index (χ2n) is 4.07. The molecule has 0 aliphatic heterocycles. The van der Waals surface area contributed by atoms with Crippen molar-refractivity contribution in [3.63, 3.8) is 0 Å². The highest BCUT2D eigenvalue weighted by atomic mass is 31.1. The topological polar surface area (TPSA) is 35.5 Å². The van der Waals surface area contributed by atoms with Crippen LogP contribution < -0.4 is 0 Å². The first-order valence-corrected chi connectivity index (χ1v) is 7.75. The van der Waals surface area contributed by atoms with E-state index < -0.39 is 8.25 Å². The van der Waals surface area contributed by atoms with Crippen LogP contribution in [0.5, 0.6) is 0 Å². The van der Waals surface area contributed by atoms with Crippen LogP contribution >= 0.6 is 8.25 Å². The summed E-state index contributed by atoms with van der Waals surface area (Å²) in [6.45, 7) is 13.0. The van der Waals surface area contributed by atoms with Crippen molar-refractivity contribution in [2.24, 2.45) is 0 Å². The van der Waals surface area contributed by atoms with Gasteiger partial charge in [-0.1, -0.05) is 23.3 Å². The Labute approximate surface area is 113 Å². The Bertz CT molecular complexity index is 258. The van der Waals surface area contributed by atoms with E-state index in [2.05, 4.69) is 48.9 Å². The van der Waals surface area contributed by atoms with E-state index in [1.165, 1.54) is 24.0 Å². The largest absolute Gasteiger partial charge is 0.319 e. The van der Waals surface area contributed by atoms with E-state index in [1.54, 1.807) is 13.8 Å². The Kier molecular flexibility index (Phi) is 16.3. The molecule has 0 rings (SSSR count). The molecule has 0 saturated heterocycles. The molecule has 0 saturated carbocycles. The molecule has 4 heteroatoms. The van der Waals surface area contributed by atoms with Gasteiger partial charge in [0.05, 0.1) is 13.2 Å². The Morgan fingerprint density at radius 1 is 1.11 bits per heavy atom. The minimum Gasteiger partial charge on any atom is -0.311 e. The summed E-state index contributed by atoms with van der Waals surface area (Å²) in [6.07, 6.45) is 6.87. The zero-order chi connectivity index (χ0) is 14.4. The fraction of sp³-hybridized carbons (Fsp3) is 0.714. The molecule has 0 aromatic carbocycles. The molecule has 0 aliphatic carbocycles. The van der Waals surface area contributed by atoms with E-state index in [4.69, 9.17) is 0 Å². The highest BCUT2D eigenvalue weighted by Crippen LogP contribution is 2.21. The predicted molar refractivity (Wildman–Crippen MR) is 80.3 cm³/mol. The van der Waals surface area contributed by atoms with Crippen molar-refractivity contribution >= 4 is 8.25 Å². The summed E-state index contributed by atoms with van der Waals surface area (Å²) in [7, 11) is -2.14. The lowest BCUT2D eigenvalue weighted by Crippen LogP contribution is -1.81. The Morgan fingerprint density at radius 3 is 1.94 bits per heavy atom. The zero-order valence-electron chi connectivity index (χ0n) is 12.7. The molecule has 0 fully saturated rings. The third kappa shape index (κ3) is 18.0. The van der Waals surface area contributed by atoms with Crippen molar-refractivity contribution in [1.29, 1.82) is 0 Å². The molecule has 0 bridgehead atoms. The molecule has 0 N–H and O–H groups in total. The minimum absolute atomic E-state index is 0.456. The quantitative estimate of drug-likeness (QED) is 0.476. The molecule has 0 radical (unpaired) electrons. The molecular weight excluding hydrogens is 247 g/mol. The summed E-state index contributed by atoms with van der Waals surface area (Å²) in [5.74, 6) is 0. The molecular formula is C14H29O3P. The molecule has 108 valence electrons. The van der Waals surface area contributed by atoms with Crippen molar-refractivity contribution in [2.45, 2.75) is 54.4 Å². The summed E-state index contributed by atoms with van der Waals surface area (Å²) >= 11 is 0. The molecule has 0 aromatic heterocycles. The highest BCUT2D eigenvalue weighted by molar-refractivity contribution is 7.33. The summed E-state index contributed by atoms with van der Waals surface area (Å²) in [5, 5.41) is 0. The van der Waals surface area contributed by atoms with Crippen molar-refractivity contribution < 1.29 is 13.6 Å². The van der Waals surface area contributed by atoms with E-state index in [1.807, 2.05) is 0 Å². The maximum Gasteiger partial charge on any atom is 0.319 e. The van der Waals surface area contributed by atoms with Crippen LogP contribution in [-0.4, -0.2) is 13.2 Å². The molecule has 0 aromatic rings. The molecule has 0 unspecified atom stereocenters. The first kappa shape index (κ1) is 20.0. The average Bonchev–Trinajstić information content (AvgIpc) is 2.30. The van der Waals surface area contributed by atoms with Crippen LogP contribution in [0.3, 0.4) is 0 Å². The summed E-state index contributed by atoms with van der Waals surface area (Å²) in [5.41, 5.74) is 2.90. The van der Waals surface area contributed by atoms with Crippen molar-refractivity contribution in [1.82, 2.24) is 0 Å². The number of rotatable bonds is 7. The monoisotopic (exact) mass is 276 g/mol. The second-order valence-corrected chi connectivity index (χ2v) is 5.15. The highest BCUT2D eigenvalue weighted by Gasteiger charge is 1.91. The van der Waals surface area contributed by atoms with Crippen molar-refractivity contribution in [3.8, 4) is 0 Å². The van der Waals surface area contributed by atoms with Gasteiger partial charge in [-0.25, -0.2) is 0 Å². The van der Waals surface area contributed by atoms with Crippen molar-refractivity contribution in [3.05, 3.63) is 23.3 Å². The van der Waals surface area contributed by atoms with Gasteiger partial charge >= 0.3 is 8.25 Å². The maximum absolute atomic E-state index is 10.4. The molecule has 0 atom stereocenters. The van der Waals surface area contributed by atoms with E-state index >= 15 is 0 Å². The van der Waals surface area contributed by atoms with E-state index in [-0.39, 0.29) is 0 Å². The first-order chi connectivity index (χ1) is 8.47. The maximum atomic E-state index is 10.4. The van der Waals surface area contributed by atoms with Crippen LogP contribution in [0.4, 0.5) is 0 Å². The number of allylic oxidation sites excluding steroid dienone is 4. The average molecular weight is 276 g/mol. The molecule has 3 nitrogen and oxygen atoms in total. The van der Waals surface area contributed by atoms with Gasteiger partial charge in [0, 0.05) is 0 Å². The number of hydrogen-bond donors (Lipinski definition) is 0. The van der Waals surface area contributed by atoms with Gasteiger partial charge in [0.2, 0.25) is 0 Å². The fourth-order valence-corrected chi connectivity index (χ4v) is 1.56. The van der Waals surface area contributed by atoms with Crippen molar-refractivity contribution in [2.75, 3.05) is 13.2 Å². The molecule has 0 amide bonds. The summed E-state index contributed by atoms with van der Waals surface area (Å²) in [6, 6.07) is 0. The van der Waals surface area contributed by atoms with E-state index in [0.717, 1.165) is 0 Å². The van der Waals surface area contributed by atoms with Crippen LogP contribution in [0.2, 0.25) is 0 Å². The normalized spacial score (nSPS) is 10.9. The van der Waals surface area contributed by atoms with E-state index in [0.29, 0.717) is 13.2 Å². The Morgan fingerprint density at radius 2 is 1.61 bits per heavy atom. The van der Waals surface area contributed by atoms with Crippen LogP contribution in [0.1, 0.15) is 54.4 Å². The minimum atomic E-state index is -2.14. The summed E-state index contributed by atoms with van der Waals surface area (Å²) in [4.78, 5) is 0. The number of hydrogen-bond acceptors (Lipinski definition) is 3. The molecule has 0 spiro atoms. The first-order valence-electron chi connectivity index (χ1n) is 6.52. The molecule has 0 heterocycles. The van der Waals surface area contributed by atoms with Gasteiger partial charge in [-0.05, 0) is 54.4 Å². The standard InChI is InChI=1S/C10H18.C4H11O3P/c1-5-10(4)8-6-7-9(2)3;1-3-6-8(5)7-4-2/h5,7H,6,8H2,1-4H3;8H,3-4H2,1-2H3. The Hall–Kier alpha value is -0.370. The van der Waals surface area contributed by atoms with Crippen LogP contribution in [0.15, 0.2) is 23.3 Å². The van der Waals surface area contributed by atoms with Gasteiger partial charge in [0.1, 0.15) is 0 Å². The smallest absolute Gasteiger partial charge is 0.311 e.